The first kappa shape index (κ1) is 21.9. The summed E-state index contributed by atoms with van der Waals surface area (Å²) in [4.78, 5) is 29.5. The number of benzene rings is 1. The number of alkyl halides is 3. The van der Waals surface area contributed by atoms with Gasteiger partial charge in [0, 0.05) is 31.7 Å². The molecule has 6 nitrogen and oxygen atoms in total. The van der Waals surface area contributed by atoms with Crippen molar-refractivity contribution in [3.63, 3.8) is 0 Å². The third-order valence-electron chi connectivity index (χ3n) is 4.90. The van der Waals surface area contributed by atoms with Crippen LogP contribution in [0.5, 0.6) is 0 Å². The van der Waals surface area contributed by atoms with Crippen molar-refractivity contribution in [3.8, 4) is 0 Å². The first-order valence-electron chi connectivity index (χ1n) is 9.75. The molecule has 1 saturated heterocycles. The van der Waals surface area contributed by atoms with Crippen LogP contribution < -0.4 is 0 Å². The maximum Gasteiger partial charge on any atom is 0.406 e. The van der Waals surface area contributed by atoms with Gasteiger partial charge in [-0.1, -0.05) is 18.2 Å². The molecule has 162 valence electrons. The molecule has 2 aromatic rings. The molecule has 1 aromatic carbocycles. The van der Waals surface area contributed by atoms with E-state index in [0.717, 1.165) is 4.90 Å². The Morgan fingerprint density at radius 1 is 1.00 bits per heavy atom. The maximum atomic E-state index is 13.0. The first-order chi connectivity index (χ1) is 14.3. The summed E-state index contributed by atoms with van der Waals surface area (Å²) in [5.41, 5.74) is 0.594. The number of carbonyl (C=O) groups is 2. The zero-order chi connectivity index (χ0) is 21.6. The van der Waals surface area contributed by atoms with Crippen molar-refractivity contribution in [3.05, 3.63) is 60.1 Å². The zero-order valence-corrected chi connectivity index (χ0v) is 16.5. The molecule has 0 bridgehead atoms. The van der Waals surface area contributed by atoms with E-state index >= 15 is 0 Å². The van der Waals surface area contributed by atoms with Gasteiger partial charge in [-0.3, -0.25) is 14.5 Å². The first-order valence-corrected chi connectivity index (χ1v) is 9.75. The second-order valence-electron chi connectivity index (χ2n) is 7.23. The van der Waals surface area contributed by atoms with Crippen LogP contribution in [-0.2, 0) is 11.3 Å². The summed E-state index contributed by atoms with van der Waals surface area (Å²) in [6.45, 7) is 0.201. The number of furan rings is 1. The molecule has 9 heteroatoms. The van der Waals surface area contributed by atoms with Crippen LogP contribution in [0.1, 0.15) is 22.5 Å². The minimum atomic E-state index is -4.50. The van der Waals surface area contributed by atoms with Crippen LogP contribution in [0.15, 0.2) is 53.1 Å². The Morgan fingerprint density at radius 2 is 1.77 bits per heavy atom. The van der Waals surface area contributed by atoms with Crippen molar-refractivity contribution in [2.24, 2.45) is 0 Å². The van der Waals surface area contributed by atoms with Gasteiger partial charge in [-0.25, -0.2) is 0 Å². The Hall–Kier alpha value is -2.81. The van der Waals surface area contributed by atoms with Gasteiger partial charge in [0.1, 0.15) is 12.3 Å². The van der Waals surface area contributed by atoms with Gasteiger partial charge in [0.15, 0.2) is 0 Å². The predicted octanol–water partition coefficient (Wildman–Crippen LogP) is 3.02. The zero-order valence-electron chi connectivity index (χ0n) is 16.5. The molecule has 30 heavy (non-hydrogen) atoms. The fourth-order valence-electron chi connectivity index (χ4n) is 3.43. The highest BCUT2D eigenvalue weighted by Gasteiger charge is 2.34. The molecule has 1 fully saturated rings. The smallest absolute Gasteiger partial charge is 0.406 e. The normalized spacial score (nSPS) is 15.6. The highest BCUT2D eigenvalue weighted by Crippen LogP contribution is 2.19. The van der Waals surface area contributed by atoms with Crippen molar-refractivity contribution >= 4 is 11.8 Å². The number of carbonyl (C=O) groups excluding carboxylic acids is 2. The summed E-state index contributed by atoms with van der Waals surface area (Å²) in [7, 11) is 0. The quantitative estimate of drug-likeness (QED) is 0.717. The van der Waals surface area contributed by atoms with Crippen molar-refractivity contribution in [2.45, 2.75) is 19.1 Å². The lowest BCUT2D eigenvalue weighted by Crippen LogP contribution is -2.45. The summed E-state index contributed by atoms with van der Waals surface area (Å²) in [5, 5.41) is 0. The largest absolute Gasteiger partial charge is 0.467 e. The third-order valence-corrected chi connectivity index (χ3v) is 4.90. The Morgan fingerprint density at radius 3 is 2.43 bits per heavy atom. The third kappa shape index (κ3) is 6.35. The lowest BCUT2D eigenvalue weighted by molar-refractivity contribution is -0.163. The summed E-state index contributed by atoms with van der Waals surface area (Å²) < 4.78 is 44.0. The Kier molecular flexibility index (Phi) is 7.15. The van der Waals surface area contributed by atoms with Crippen LogP contribution in [-0.4, -0.2) is 72.0 Å². The summed E-state index contributed by atoms with van der Waals surface area (Å²) in [5.74, 6) is -0.407. The van der Waals surface area contributed by atoms with E-state index in [4.69, 9.17) is 4.42 Å². The summed E-state index contributed by atoms with van der Waals surface area (Å²) in [6, 6.07) is 12.0. The van der Waals surface area contributed by atoms with Gasteiger partial charge in [-0.2, -0.15) is 13.2 Å². The monoisotopic (exact) mass is 423 g/mol. The number of rotatable bonds is 6. The van der Waals surface area contributed by atoms with Gasteiger partial charge >= 0.3 is 6.18 Å². The number of halogens is 3. The average Bonchev–Trinajstić information content (AvgIpc) is 3.11. The molecule has 2 heterocycles. The van der Waals surface area contributed by atoms with Gasteiger partial charge in [-0.05, 0) is 30.7 Å². The molecule has 0 aliphatic carbocycles. The fraction of sp³-hybridized carbons (Fsp3) is 0.429. The van der Waals surface area contributed by atoms with Crippen LogP contribution in [0.25, 0.3) is 0 Å². The van der Waals surface area contributed by atoms with Gasteiger partial charge < -0.3 is 14.2 Å². The Labute approximate surface area is 172 Å². The topological polar surface area (TPSA) is 57.0 Å². The number of hydrogen-bond acceptors (Lipinski definition) is 4. The van der Waals surface area contributed by atoms with Crippen LogP contribution in [0, 0.1) is 0 Å². The number of hydrogen-bond donors (Lipinski definition) is 0. The molecule has 3 rings (SSSR count). The van der Waals surface area contributed by atoms with Gasteiger partial charge in [0.05, 0.1) is 19.4 Å². The van der Waals surface area contributed by atoms with Crippen molar-refractivity contribution in [1.29, 1.82) is 0 Å². The molecule has 2 amide bonds. The highest BCUT2D eigenvalue weighted by atomic mass is 19.4. The number of amides is 2. The molecule has 0 N–H and O–H groups in total. The van der Waals surface area contributed by atoms with Gasteiger partial charge in [0.25, 0.3) is 5.91 Å². The highest BCUT2D eigenvalue weighted by molar-refractivity contribution is 5.94. The van der Waals surface area contributed by atoms with Crippen LogP contribution in [0.4, 0.5) is 13.2 Å². The lowest BCUT2D eigenvalue weighted by Gasteiger charge is -2.27. The molecule has 1 aliphatic rings. The Bertz CT molecular complexity index is 825. The SMILES string of the molecule is O=C(CN1CCCN(C(=O)c2ccccc2)CC1)N(Cc1ccco1)CC(F)(F)F. The van der Waals surface area contributed by atoms with Crippen molar-refractivity contribution in [1.82, 2.24) is 14.7 Å². The molecule has 1 aliphatic heterocycles. The van der Waals surface area contributed by atoms with E-state index in [2.05, 4.69) is 0 Å². The minimum absolute atomic E-state index is 0.0831. The van der Waals surface area contributed by atoms with E-state index in [1.54, 1.807) is 40.1 Å². The maximum absolute atomic E-state index is 13.0. The molecule has 0 atom stereocenters. The van der Waals surface area contributed by atoms with E-state index in [1.165, 1.54) is 12.3 Å². The van der Waals surface area contributed by atoms with E-state index in [9.17, 15) is 22.8 Å². The molecular weight excluding hydrogens is 399 g/mol. The average molecular weight is 423 g/mol. The van der Waals surface area contributed by atoms with E-state index in [0.29, 0.717) is 43.9 Å². The lowest BCUT2D eigenvalue weighted by atomic mass is 10.2. The van der Waals surface area contributed by atoms with Gasteiger partial charge in [0.2, 0.25) is 5.91 Å². The van der Waals surface area contributed by atoms with Crippen molar-refractivity contribution in [2.75, 3.05) is 39.3 Å². The van der Waals surface area contributed by atoms with Crippen LogP contribution >= 0.6 is 0 Å². The molecule has 0 radical (unpaired) electrons. The Balaban J connectivity index is 1.58. The van der Waals surface area contributed by atoms with E-state index < -0.39 is 18.6 Å². The van der Waals surface area contributed by atoms with Crippen molar-refractivity contribution < 1.29 is 27.2 Å². The summed E-state index contributed by atoms with van der Waals surface area (Å²) >= 11 is 0. The summed E-state index contributed by atoms with van der Waals surface area (Å²) in [6.07, 6.45) is -2.50. The molecule has 0 spiro atoms. The van der Waals surface area contributed by atoms with Gasteiger partial charge in [-0.15, -0.1) is 0 Å². The second kappa shape index (κ2) is 9.80. The molecular formula is C21H24F3N3O3. The van der Waals surface area contributed by atoms with Crippen LogP contribution in [0.2, 0.25) is 0 Å². The van der Waals surface area contributed by atoms with E-state index in [-0.39, 0.29) is 19.0 Å². The number of nitrogens with zero attached hydrogens (tertiary/aromatic N) is 3. The molecule has 0 unspecified atom stereocenters. The van der Waals surface area contributed by atoms with E-state index in [1.807, 2.05) is 6.07 Å². The molecule has 0 saturated carbocycles. The molecule has 1 aromatic heterocycles. The standard InChI is InChI=1S/C21H24F3N3O3/c22-21(23,24)16-27(14-18-8-4-13-30-18)19(28)15-25-9-5-10-26(12-11-25)20(29)17-6-2-1-3-7-17/h1-4,6-8,13H,5,9-12,14-16H2. The predicted molar refractivity (Wildman–Crippen MR) is 104 cm³/mol. The minimum Gasteiger partial charge on any atom is -0.467 e. The second-order valence-corrected chi connectivity index (χ2v) is 7.23. The van der Waals surface area contributed by atoms with Crippen LogP contribution in [0.3, 0.4) is 0 Å². The fourth-order valence-corrected chi connectivity index (χ4v) is 3.43.